The number of halogens is 2. The molecule has 11 heavy (non-hydrogen) atoms. The average molecular weight is 162 g/mol. The Morgan fingerprint density at radius 2 is 2.00 bits per heavy atom. The minimum atomic E-state index is -0.901. The molecule has 1 rings (SSSR count). The SMILES string of the molecule is CCCC1CC(F)C(C)C1F. The number of hydrogen-bond acceptors (Lipinski definition) is 0. The molecule has 4 unspecified atom stereocenters. The molecule has 1 aliphatic rings. The third-order valence-electron chi connectivity index (χ3n) is 2.71. The highest BCUT2D eigenvalue weighted by molar-refractivity contribution is 4.88. The van der Waals surface area contributed by atoms with Crippen LogP contribution in [0.4, 0.5) is 8.78 Å². The second-order valence-corrected chi connectivity index (χ2v) is 3.60. The highest BCUT2D eigenvalue weighted by atomic mass is 19.1. The van der Waals surface area contributed by atoms with Gasteiger partial charge in [-0.3, -0.25) is 0 Å². The molecule has 1 aliphatic carbocycles. The van der Waals surface area contributed by atoms with Gasteiger partial charge in [0.15, 0.2) is 0 Å². The van der Waals surface area contributed by atoms with E-state index >= 15 is 0 Å². The zero-order valence-corrected chi connectivity index (χ0v) is 7.19. The molecule has 0 aromatic heterocycles. The molecule has 0 nitrogen and oxygen atoms in total. The molecule has 4 atom stereocenters. The number of alkyl halides is 2. The van der Waals surface area contributed by atoms with E-state index in [1.54, 1.807) is 6.92 Å². The molecule has 0 aromatic rings. The van der Waals surface area contributed by atoms with E-state index in [0.717, 1.165) is 12.8 Å². The fourth-order valence-corrected chi connectivity index (χ4v) is 1.91. The van der Waals surface area contributed by atoms with Crippen LogP contribution in [0.25, 0.3) is 0 Å². The summed E-state index contributed by atoms with van der Waals surface area (Å²) in [5, 5.41) is 0. The minimum Gasteiger partial charge on any atom is -0.247 e. The van der Waals surface area contributed by atoms with Crippen molar-refractivity contribution < 1.29 is 8.78 Å². The van der Waals surface area contributed by atoms with Gasteiger partial charge in [0.2, 0.25) is 0 Å². The summed E-state index contributed by atoms with van der Waals surface area (Å²) < 4.78 is 26.1. The summed E-state index contributed by atoms with van der Waals surface area (Å²) >= 11 is 0. The van der Waals surface area contributed by atoms with Crippen LogP contribution in [0.5, 0.6) is 0 Å². The van der Waals surface area contributed by atoms with Gasteiger partial charge >= 0.3 is 0 Å². The first-order valence-corrected chi connectivity index (χ1v) is 4.45. The minimum absolute atomic E-state index is 0.00926. The van der Waals surface area contributed by atoms with Crippen LogP contribution in [-0.2, 0) is 0 Å². The fourth-order valence-electron chi connectivity index (χ4n) is 1.91. The first kappa shape index (κ1) is 8.95. The predicted octanol–water partition coefficient (Wildman–Crippen LogP) is 3.12. The highest BCUT2D eigenvalue weighted by Gasteiger charge is 2.40. The van der Waals surface area contributed by atoms with E-state index in [9.17, 15) is 8.78 Å². The Morgan fingerprint density at radius 3 is 2.36 bits per heavy atom. The van der Waals surface area contributed by atoms with E-state index in [4.69, 9.17) is 0 Å². The third kappa shape index (κ3) is 1.71. The van der Waals surface area contributed by atoms with Gasteiger partial charge in [-0.1, -0.05) is 20.3 Å². The fraction of sp³-hybridized carbons (Fsp3) is 1.00. The molecule has 66 valence electrons. The van der Waals surface area contributed by atoms with Crippen LogP contribution >= 0.6 is 0 Å². The first-order valence-electron chi connectivity index (χ1n) is 4.45. The van der Waals surface area contributed by atoms with Crippen molar-refractivity contribution in [3.05, 3.63) is 0 Å². The van der Waals surface area contributed by atoms with Crippen molar-refractivity contribution >= 4 is 0 Å². The largest absolute Gasteiger partial charge is 0.247 e. The standard InChI is InChI=1S/C9H16F2/c1-3-4-7-5-8(10)6(2)9(7)11/h6-9H,3-5H2,1-2H3. The Balaban J connectivity index is 2.45. The second-order valence-electron chi connectivity index (χ2n) is 3.60. The van der Waals surface area contributed by atoms with Crippen molar-refractivity contribution in [2.75, 3.05) is 0 Å². The molecule has 0 amide bonds. The average Bonchev–Trinajstić information content (AvgIpc) is 2.19. The summed E-state index contributed by atoms with van der Waals surface area (Å²) in [4.78, 5) is 0. The van der Waals surface area contributed by atoms with Crippen molar-refractivity contribution in [3.63, 3.8) is 0 Å². The molecular formula is C9H16F2. The van der Waals surface area contributed by atoms with Crippen LogP contribution in [0.3, 0.4) is 0 Å². The van der Waals surface area contributed by atoms with Gasteiger partial charge in [0.25, 0.3) is 0 Å². The van der Waals surface area contributed by atoms with E-state index in [1.165, 1.54) is 0 Å². The molecule has 0 bridgehead atoms. The predicted molar refractivity (Wildman–Crippen MR) is 42.0 cm³/mol. The van der Waals surface area contributed by atoms with E-state index in [2.05, 4.69) is 0 Å². The molecule has 0 heterocycles. The molecule has 0 radical (unpaired) electrons. The van der Waals surface area contributed by atoms with Crippen LogP contribution in [0.15, 0.2) is 0 Å². The van der Waals surface area contributed by atoms with Gasteiger partial charge in [0.05, 0.1) is 0 Å². The maximum atomic E-state index is 13.2. The Morgan fingerprint density at radius 1 is 1.36 bits per heavy atom. The van der Waals surface area contributed by atoms with E-state index in [-0.39, 0.29) is 11.8 Å². The summed E-state index contributed by atoms with van der Waals surface area (Å²) in [6.07, 6.45) is 0.443. The van der Waals surface area contributed by atoms with Gasteiger partial charge in [-0.15, -0.1) is 0 Å². The monoisotopic (exact) mass is 162 g/mol. The number of rotatable bonds is 2. The van der Waals surface area contributed by atoms with Gasteiger partial charge < -0.3 is 0 Å². The van der Waals surface area contributed by atoms with Gasteiger partial charge in [-0.25, -0.2) is 8.78 Å². The molecule has 1 saturated carbocycles. The lowest BCUT2D eigenvalue weighted by Gasteiger charge is -2.12. The van der Waals surface area contributed by atoms with E-state index < -0.39 is 12.3 Å². The maximum Gasteiger partial charge on any atom is 0.108 e. The summed E-state index contributed by atoms with van der Waals surface area (Å²) in [5.41, 5.74) is 0. The van der Waals surface area contributed by atoms with Crippen molar-refractivity contribution in [3.8, 4) is 0 Å². The summed E-state index contributed by atoms with van der Waals surface area (Å²) in [6, 6.07) is 0. The zero-order valence-electron chi connectivity index (χ0n) is 7.19. The Bertz CT molecular complexity index is 125. The van der Waals surface area contributed by atoms with Crippen LogP contribution in [0.2, 0.25) is 0 Å². The van der Waals surface area contributed by atoms with Crippen LogP contribution in [0, 0.1) is 11.8 Å². The lowest BCUT2D eigenvalue weighted by Crippen LogP contribution is -2.15. The van der Waals surface area contributed by atoms with E-state index in [1.807, 2.05) is 6.92 Å². The third-order valence-corrected chi connectivity index (χ3v) is 2.71. The Labute approximate surface area is 67.0 Å². The van der Waals surface area contributed by atoms with Crippen molar-refractivity contribution in [1.82, 2.24) is 0 Å². The first-order chi connectivity index (χ1) is 5.16. The Kier molecular flexibility index (Phi) is 2.85. The summed E-state index contributed by atoms with van der Waals surface area (Å²) in [7, 11) is 0. The van der Waals surface area contributed by atoms with Gasteiger partial charge in [-0.2, -0.15) is 0 Å². The van der Waals surface area contributed by atoms with Gasteiger partial charge in [-0.05, 0) is 18.8 Å². The summed E-state index contributed by atoms with van der Waals surface area (Å²) in [6.45, 7) is 3.69. The molecule has 0 saturated heterocycles. The second kappa shape index (κ2) is 3.51. The Hall–Kier alpha value is -0.140. The molecular weight excluding hydrogens is 146 g/mol. The van der Waals surface area contributed by atoms with Crippen LogP contribution in [0.1, 0.15) is 33.1 Å². The normalized spacial score (nSPS) is 44.7. The van der Waals surface area contributed by atoms with Crippen molar-refractivity contribution in [2.45, 2.75) is 45.5 Å². The number of hydrogen-bond donors (Lipinski definition) is 0. The highest BCUT2D eigenvalue weighted by Crippen LogP contribution is 2.38. The molecule has 0 aromatic carbocycles. The van der Waals surface area contributed by atoms with Gasteiger partial charge in [0.1, 0.15) is 12.3 Å². The molecule has 0 spiro atoms. The molecule has 0 N–H and O–H groups in total. The van der Waals surface area contributed by atoms with Crippen molar-refractivity contribution in [2.24, 2.45) is 11.8 Å². The zero-order chi connectivity index (χ0) is 8.43. The lowest BCUT2D eigenvalue weighted by molar-refractivity contribution is 0.183. The molecule has 0 aliphatic heterocycles. The smallest absolute Gasteiger partial charge is 0.108 e. The maximum absolute atomic E-state index is 13.2. The van der Waals surface area contributed by atoms with Crippen LogP contribution < -0.4 is 0 Å². The van der Waals surface area contributed by atoms with E-state index in [0.29, 0.717) is 6.42 Å². The summed E-state index contributed by atoms with van der Waals surface area (Å²) in [5.74, 6) is -0.378. The lowest BCUT2D eigenvalue weighted by atomic mass is 9.99. The molecule has 1 fully saturated rings. The van der Waals surface area contributed by atoms with Crippen molar-refractivity contribution in [1.29, 1.82) is 0 Å². The topological polar surface area (TPSA) is 0 Å². The molecule has 2 heteroatoms. The quantitative estimate of drug-likeness (QED) is 0.585. The van der Waals surface area contributed by atoms with Crippen LogP contribution in [-0.4, -0.2) is 12.3 Å². The van der Waals surface area contributed by atoms with Gasteiger partial charge in [0, 0.05) is 5.92 Å².